The zero-order valence-electron chi connectivity index (χ0n) is 19.2. The molecule has 10 nitrogen and oxygen atoms in total. The number of urea groups is 1. The number of pyridine rings is 1. The highest BCUT2D eigenvalue weighted by molar-refractivity contribution is 7.90. The first kappa shape index (κ1) is 23.4. The molecule has 0 bridgehead atoms. The van der Waals surface area contributed by atoms with Crippen LogP contribution in [0, 0.1) is 5.82 Å². The van der Waals surface area contributed by atoms with Crippen molar-refractivity contribution in [1.29, 1.82) is 0 Å². The number of rotatable bonds is 6. The van der Waals surface area contributed by atoms with Crippen LogP contribution in [0.3, 0.4) is 0 Å². The van der Waals surface area contributed by atoms with Gasteiger partial charge in [0.1, 0.15) is 5.82 Å². The van der Waals surface area contributed by atoms with Gasteiger partial charge in [0.05, 0.1) is 24.6 Å². The standard InChI is InChI=1S/C23H24FN5O5S/c1-29-19(23(33-2)12-34-13-23)10-20(27-29)35(31,32)28-22(30)26-21-16-7-3-6-15(16)18(24)9-17(21)14-5-4-8-25-11-14/h4-5,8-11H,3,6-7,12-13H2,1-2H3,(H2,26,28,30). The van der Waals surface area contributed by atoms with Crippen LogP contribution in [-0.4, -0.2) is 49.5 Å². The maximum absolute atomic E-state index is 14.8. The Morgan fingerprint density at radius 2 is 2.03 bits per heavy atom. The van der Waals surface area contributed by atoms with Gasteiger partial charge < -0.3 is 14.8 Å². The van der Waals surface area contributed by atoms with Gasteiger partial charge in [-0.15, -0.1) is 0 Å². The second-order valence-corrected chi connectivity index (χ2v) is 10.2. The van der Waals surface area contributed by atoms with E-state index >= 15 is 0 Å². The fraction of sp³-hybridized carbons (Fsp3) is 0.348. The molecule has 1 aliphatic carbocycles. The molecule has 3 aromatic rings. The highest BCUT2D eigenvalue weighted by Gasteiger charge is 2.44. The third kappa shape index (κ3) is 4.07. The minimum Gasteiger partial charge on any atom is -0.374 e. The quantitative estimate of drug-likeness (QED) is 0.532. The molecule has 0 spiro atoms. The summed E-state index contributed by atoms with van der Waals surface area (Å²) in [4.78, 5) is 17.0. The maximum Gasteiger partial charge on any atom is 0.333 e. The fourth-order valence-electron chi connectivity index (χ4n) is 4.59. The van der Waals surface area contributed by atoms with Crippen molar-refractivity contribution in [3.8, 4) is 11.1 Å². The van der Waals surface area contributed by atoms with E-state index in [9.17, 15) is 17.6 Å². The molecule has 0 saturated carbocycles. The van der Waals surface area contributed by atoms with Crippen LogP contribution in [0.25, 0.3) is 11.1 Å². The number of nitrogens with zero attached hydrogens (tertiary/aromatic N) is 3. The van der Waals surface area contributed by atoms with Crippen molar-refractivity contribution in [2.24, 2.45) is 7.05 Å². The smallest absolute Gasteiger partial charge is 0.333 e. The molecule has 5 rings (SSSR count). The first-order chi connectivity index (χ1) is 16.7. The van der Waals surface area contributed by atoms with E-state index in [1.54, 1.807) is 31.6 Å². The predicted molar refractivity (Wildman–Crippen MR) is 124 cm³/mol. The summed E-state index contributed by atoms with van der Waals surface area (Å²) in [7, 11) is -1.21. The summed E-state index contributed by atoms with van der Waals surface area (Å²) in [6.07, 6.45) is 4.99. The number of carbonyl (C=O) groups excluding carboxylic acids is 1. The van der Waals surface area contributed by atoms with Crippen LogP contribution in [0.1, 0.15) is 23.2 Å². The number of anilines is 1. The van der Waals surface area contributed by atoms with Gasteiger partial charge in [-0.2, -0.15) is 13.5 Å². The number of nitrogens with one attached hydrogen (secondary N) is 2. The topological polar surface area (TPSA) is 124 Å². The summed E-state index contributed by atoms with van der Waals surface area (Å²) in [6.45, 7) is 0.534. The van der Waals surface area contributed by atoms with Crippen molar-refractivity contribution in [3.63, 3.8) is 0 Å². The van der Waals surface area contributed by atoms with Gasteiger partial charge in [-0.3, -0.25) is 9.67 Å². The molecule has 0 atom stereocenters. The Kier molecular flexibility index (Phi) is 5.82. The van der Waals surface area contributed by atoms with E-state index in [0.717, 1.165) is 6.42 Å². The van der Waals surface area contributed by atoms with Crippen LogP contribution in [-0.2, 0) is 45.0 Å². The minimum atomic E-state index is -4.31. The molecule has 12 heteroatoms. The monoisotopic (exact) mass is 501 g/mol. The van der Waals surface area contributed by atoms with Gasteiger partial charge in [-0.1, -0.05) is 6.07 Å². The number of ether oxygens (including phenoxy) is 2. The highest BCUT2D eigenvalue weighted by atomic mass is 32.2. The van der Waals surface area contributed by atoms with Crippen LogP contribution in [0.2, 0.25) is 0 Å². The number of amides is 2. The van der Waals surface area contributed by atoms with Gasteiger partial charge in [0, 0.05) is 43.7 Å². The minimum absolute atomic E-state index is 0.267. The number of carbonyl (C=O) groups is 1. The number of benzene rings is 1. The summed E-state index contributed by atoms with van der Waals surface area (Å²) >= 11 is 0. The summed E-state index contributed by atoms with van der Waals surface area (Å²) in [5.74, 6) is -0.358. The van der Waals surface area contributed by atoms with Crippen molar-refractivity contribution in [1.82, 2.24) is 19.5 Å². The predicted octanol–water partition coefficient (Wildman–Crippen LogP) is 2.49. The van der Waals surface area contributed by atoms with Crippen molar-refractivity contribution in [2.45, 2.75) is 29.9 Å². The number of halogens is 1. The van der Waals surface area contributed by atoms with E-state index < -0.39 is 21.7 Å². The lowest BCUT2D eigenvalue weighted by atomic mass is 9.97. The Labute approximate surface area is 201 Å². The lowest BCUT2D eigenvalue weighted by Gasteiger charge is -2.39. The number of sulfonamides is 1. The molecule has 2 N–H and O–H groups in total. The molecule has 2 amide bonds. The van der Waals surface area contributed by atoms with Crippen molar-refractivity contribution < 1.29 is 27.1 Å². The zero-order valence-corrected chi connectivity index (χ0v) is 20.0. The third-order valence-corrected chi connectivity index (χ3v) is 7.65. The van der Waals surface area contributed by atoms with E-state index in [1.165, 1.54) is 23.9 Å². The molecule has 184 valence electrons. The van der Waals surface area contributed by atoms with Gasteiger partial charge in [0.15, 0.2) is 10.6 Å². The zero-order chi connectivity index (χ0) is 24.8. The molecule has 35 heavy (non-hydrogen) atoms. The molecular weight excluding hydrogens is 477 g/mol. The van der Waals surface area contributed by atoms with Crippen LogP contribution in [0.4, 0.5) is 14.9 Å². The first-order valence-electron chi connectivity index (χ1n) is 11.0. The van der Waals surface area contributed by atoms with Gasteiger partial charge in [0.25, 0.3) is 10.0 Å². The highest BCUT2D eigenvalue weighted by Crippen LogP contribution is 2.39. The van der Waals surface area contributed by atoms with Gasteiger partial charge >= 0.3 is 6.03 Å². The molecule has 2 aliphatic rings. The Morgan fingerprint density at radius 1 is 1.26 bits per heavy atom. The second kappa shape index (κ2) is 8.70. The van der Waals surface area contributed by atoms with E-state index in [4.69, 9.17) is 9.47 Å². The molecule has 1 saturated heterocycles. The molecule has 1 aliphatic heterocycles. The molecule has 1 aromatic carbocycles. The third-order valence-electron chi connectivity index (χ3n) is 6.45. The van der Waals surface area contributed by atoms with Gasteiger partial charge in [-0.05, 0) is 42.5 Å². The summed E-state index contributed by atoms with van der Waals surface area (Å²) in [6, 6.07) is 5.18. The maximum atomic E-state index is 14.8. The number of aromatic nitrogens is 3. The van der Waals surface area contributed by atoms with E-state index in [-0.39, 0.29) is 24.1 Å². The number of aryl methyl sites for hydroxylation is 1. The van der Waals surface area contributed by atoms with E-state index in [0.29, 0.717) is 46.5 Å². The molecule has 0 radical (unpaired) electrons. The SMILES string of the molecule is COC1(c2cc(S(=O)(=O)NC(=O)Nc3c(-c4cccnc4)cc(F)c4c3CCC4)nn2C)COC1. The van der Waals surface area contributed by atoms with Gasteiger partial charge in [-0.25, -0.2) is 13.9 Å². The van der Waals surface area contributed by atoms with Crippen LogP contribution in [0.5, 0.6) is 0 Å². The van der Waals surface area contributed by atoms with Crippen LogP contribution in [0.15, 0.2) is 41.7 Å². The summed E-state index contributed by atoms with van der Waals surface area (Å²) < 4.78 is 54.9. The van der Waals surface area contributed by atoms with Crippen molar-refractivity contribution >= 4 is 21.7 Å². The molecule has 0 unspecified atom stereocenters. The second-order valence-electron chi connectivity index (χ2n) is 8.58. The Balaban J connectivity index is 1.44. The Morgan fingerprint density at radius 3 is 2.69 bits per heavy atom. The number of hydrogen-bond donors (Lipinski definition) is 2. The normalized spacial score (nSPS) is 16.4. The lowest BCUT2D eigenvalue weighted by Crippen LogP contribution is -2.49. The molecule has 2 aromatic heterocycles. The summed E-state index contributed by atoms with van der Waals surface area (Å²) in [5, 5.41) is 6.38. The van der Waals surface area contributed by atoms with E-state index in [2.05, 4.69) is 15.4 Å². The largest absolute Gasteiger partial charge is 0.374 e. The van der Waals surface area contributed by atoms with Crippen molar-refractivity contribution in [2.75, 3.05) is 25.6 Å². The van der Waals surface area contributed by atoms with Gasteiger partial charge in [0.2, 0.25) is 0 Å². The first-order valence-corrected chi connectivity index (χ1v) is 12.5. The Hall–Kier alpha value is -3.35. The van der Waals surface area contributed by atoms with Crippen LogP contribution >= 0.6 is 0 Å². The lowest BCUT2D eigenvalue weighted by molar-refractivity contribution is -0.206. The fourth-order valence-corrected chi connectivity index (χ4v) is 5.49. The average molecular weight is 502 g/mol. The number of methoxy groups -OCH3 is 1. The average Bonchev–Trinajstić information content (AvgIpc) is 3.44. The molecular formula is C23H24FN5O5S. The summed E-state index contributed by atoms with van der Waals surface area (Å²) in [5.41, 5.74) is 2.30. The van der Waals surface area contributed by atoms with Crippen molar-refractivity contribution in [3.05, 3.63) is 59.3 Å². The number of hydrogen-bond acceptors (Lipinski definition) is 7. The van der Waals surface area contributed by atoms with E-state index in [1.807, 2.05) is 4.72 Å². The molecule has 1 fully saturated rings. The number of fused-ring (bicyclic) bond motifs is 1. The molecule has 3 heterocycles. The van der Waals surface area contributed by atoms with Crippen LogP contribution < -0.4 is 10.0 Å². The Bertz CT molecular complexity index is 1400.